The fourth-order valence-electron chi connectivity index (χ4n) is 2.80. The van der Waals surface area contributed by atoms with Crippen LogP contribution in [0.4, 0.5) is 5.82 Å². The number of aromatic nitrogens is 3. The zero-order chi connectivity index (χ0) is 14.3. The van der Waals surface area contributed by atoms with Crippen molar-refractivity contribution >= 4 is 26.7 Å². The summed E-state index contributed by atoms with van der Waals surface area (Å²) in [6, 6.07) is 0. The molecular weight excluding hydrogens is 276 g/mol. The normalized spacial score (nSPS) is 16.6. The van der Waals surface area contributed by atoms with Crippen molar-refractivity contribution < 1.29 is 8.42 Å². The monoisotopic (exact) mass is 294 g/mol. The van der Waals surface area contributed by atoms with Crippen LogP contribution in [-0.4, -0.2) is 48.5 Å². The minimum Gasteiger partial charge on any atom is -0.355 e. The molecular formula is C13H18N4O2S. The third-order valence-corrected chi connectivity index (χ3v) is 4.78. The number of nitrogens with zero attached hydrogens (tertiary/aromatic N) is 3. The van der Waals surface area contributed by atoms with Gasteiger partial charge in [-0.2, -0.15) is 0 Å². The number of nitrogens with one attached hydrogen (secondary N) is 1. The van der Waals surface area contributed by atoms with E-state index >= 15 is 0 Å². The van der Waals surface area contributed by atoms with Crippen LogP contribution in [0.2, 0.25) is 0 Å². The number of H-pyrrole nitrogens is 1. The summed E-state index contributed by atoms with van der Waals surface area (Å²) in [6.45, 7) is 3.59. The largest absolute Gasteiger partial charge is 0.355 e. The second kappa shape index (κ2) is 4.73. The lowest BCUT2D eigenvalue weighted by atomic mass is 10.0. The van der Waals surface area contributed by atoms with E-state index in [1.807, 2.05) is 6.20 Å². The standard InChI is InChI=1S/C13H18N4O2S/c1-3-10-4-14-12-11(10)13(16-8-15-12)17-5-9(6-17)7-20(2,18)19/h4,8-9H,3,5-7H2,1-2H3,(H,14,15,16). The maximum absolute atomic E-state index is 11.3. The van der Waals surface area contributed by atoms with Crippen molar-refractivity contribution in [3.8, 4) is 0 Å². The summed E-state index contributed by atoms with van der Waals surface area (Å²) in [7, 11) is -2.90. The molecule has 1 fully saturated rings. The van der Waals surface area contributed by atoms with Crippen LogP contribution in [-0.2, 0) is 16.3 Å². The fraction of sp³-hybridized carbons (Fsp3) is 0.538. The van der Waals surface area contributed by atoms with Crippen molar-refractivity contribution in [2.45, 2.75) is 13.3 Å². The molecule has 2 aromatic heterocycles. The summed E-state index contributed by atoms with van der Waals surface area (Å²) in [5.41, 5.74) is 2.04. The van der Waals surface area contributed by atoms with Gasteiger partial charge in [-0.15, -0.1) is 0 Å². The van der Waals surface area contributed by atoms with E-state index in [9.17, 15) is 8.42 Å². The van der Waals surface area contributed by atoms with Crippen LogP contribution < -0.4 is 4.90 Å². The lowest BCUT2D eigenvalue weighted by Crippen LogP contribution is -2.50. The van der Waals surface area contributed by atoms with Crippen LogP contribution in [0.25, 0.3) is 11.0 Å². The van der Waals surface area contributed by atoms with Crippen molar-refractivity contribution in [3.05, 3.63) is 18.1 Å². The number of aryl methyl sites for hydroxylation is 1. The Kier molecular flexibility index (Phi) is 3.16. The maximum atomic E-state index is 11.3. The lowest BCUT2D eigenvalue weighted by molar-refractivity contribution is 0.442. The van der Waals surface area contributed by atoms with Gasteiger partial charge in [0, 0.05) is 31.5 Å². The van der Waals surface area contributed by atoms with Gasteiger partial charge < -0.3 is 9.88 Å². The number of fused-ring (bicyclic) bond motifs is 1. The van der Waals surface area contributed by atoms with Crippen LogP contribution >= 0.6 is 0 Å². The second-order valence-electron chi connectivity index (χ2n) is 5.45. The van der Waals surface area contributed by atoms with E-state index in [0.29, 0.717) is 0 Å². The Morgan fingerprint density at radius 3 is 2.80 bits per heavy atom. The van der Waals surface area contributed by atoms with E-state index in [1.54, 1.807) is 6.33 Å². The van der Waals surface area contributed by atoms with E-state index in [2.05, 4.69) is 26.8 Å². The van der Waals surface area contributed by atoms with Gasteiger partial charge in [0.2, 0.25) is 0 Å². The van der Waals surface area contributed by atoms with Gasteiger partial charge in [0.1, 0.15) is 27.6 Å². The molecule has 7 heteroatoms. The molecule has 0 bridgehead atoms. The molecule has 0 aromatic carbocycles. The first-order valence-electron chi connectivity index (χ1n) is 6.71. The molecule has 6 nitrogen and oxygen atoms in total. The van der Waals surface area contributed by atoms with Crippen molar-refractivity contribution in [1.29, 1.82) is 0 Å². The Labute approximate surface area is 118 Å². The van der Waals surface area contributed by atoms with E-state index in [-0.39, 0.29) is 11.7 Å². The molecule has 0 radical (unpaired) electrons. The summed E-state index contributed by atoms with van der Waals surface area (Å²) in [6.07, 6.45) is 5.73. The minimum absolute atomic E-state index is 0.207. The molecule has 0 aliphatic carbocycles. The molecule has 2 aromatic rings. The molecule has 3 rings (SSSR count). The number of hydrogen-bond acceptors (Lipinski definition) is 5. The van der Waals surface area contributed by atoms with Gasteiger partial charge in [0.25, 0.3) is 0 Å². The van der Waals surface area contributed by atoms with Gasteiger partial charge in [-0.1, -0.05) is 6.92 Å². The predicted molar refractivity (Wildman–Crippen MR) is 78.7 cm³/mol. The number of hydrogen-bond donors (Lipinski definition) is 1. The summed E-state index contributed by atoms with van der Waals surface area (Å²) in [5.74, 6) is 1.38. The van der Waals surface area contributed by atoms with E-state index < -0.39 is 9.84 Å². The average molecular weight is 294 g/mol. The molecule has 20 heavy (non-hydrogen) atoms. The fourth-order valence-corrected chi connectivity index (χ4v) is 3.87. The minimum atomic E-state index is -2.90. The number of sulfone groups is 1. The van der Waals surface area contributed by atoms with Crippen molar-refractivity contribution in [3.63, 3.8) is 0 Å². The summed E-state index contributed by atoms with van der Waals surface area (Å²) in [5, 5.41) is 1.06. The van der Waals surface area contributed by atoms with Gasteiger partial charge in [0.15, 0.2) is 0 Å². The number of anilines is 1. The molecule has 1 saturated heterocycles. The third-order valence-electron chi connectivity index (χ3n) is 3.71. The molecule has 108 valence electrons. The van der Waals surface area contributed by atoms with Crippen molar-refractivity contribution in [2.75, 3.05) is 30.0 Å². The molecule has 0 unspecified atom stereocenters. The Balaban J connectivity index is 1.84. The first-order chi connectivity index (χ1) is 9.48. The van der Waals surface area contributed by atoms with Crippen molar-refractivity contribution in [1.82, 2.24) is 15.0 Å². The first-order valence-corrected chi connectivity index (χ1v) is 8.77. The molecule has 0 atom stereocenters. The Hall–Kier alpha value is -1.63. The van der Waals surface area contributed by atoms with Crippen LogP contribution in [0.1, 0.15) is 12.5 Å². The van der Waals surface area contributed by atoms with E-state index in [0.717, 1.165) is 36.4 Å². The maximum Gasteiger partial charge on any atom is 0.147 e. The zero-order valence-corrected chi connectivity index (χ0v) is 12.4. The Bertz CT molecular complexity index is 732. The smallest absolute Gasteiger partial charge is 0.147 e. The molecule has 0 amide bonds. The zero-order valence-electron chi connectivity index (χ0n) is 11.6. The van der Waals surface area contributed by atoms with Crippen LogP contribution in [0, 0.1) is 5.92 Å². The van der Waals surface area contributed by atoms with E-state index in [1.165, 1.54) is 11.8 Å². The second-order valence-corrected chi connectivity index (χ2v) is 7.64. The highest BCUT2D eigenvalue weighted by atomic mass is 32.2. The van der Waals surface area contributed by atoms with Gasteiger partial charge in [0.05, 0.1) is 11.1 Å². The quantitative estimate of drug-likeness (QED) is 0.910. The van der Waals surface area contributed by atoms with E-state index in [4.69, 9.17) is 0 Å². The molecule has 1 aliphatic heterocycles. The molecule has 1 N–H and O–H groups in total. The van der Waals surface area contributed by atoms with Crippen LogP contribution in [0.5, 0.6) is 0 Å². The van der Waals surface area contributed by atoms with Gasteiger partial charge in [-0.05, 0) is 12.0 Å². The first kappa shape index (κ1) is 13.4. The lowest BCUT2D eigenvalue weighted by Gasteiger charge is -2.40. The van der Waals surface area contributed by atoms with Gasteiger partial charge in [-0.25, -0.2) is 18.4 Å². The molecule has 1 aliphatic rings. The molecule has 0 spiro atoms. The highest BCUT2D eigenvalue weighted by Crippen LogP contribution is 2.31. The molecule has 3 heterocycles. The molecule has 0 saturated carbocycles. The summed E-state index contributed by atoms with van der Waals surface area (Å²) < 4.78 is 22.6. The van der Waals surface area contributed by atoms with Gasteiger partial charge in [-0.3, -0.25) is 0 Å². The predicted octanol–water partition coefficient (Wildman–Crippen LogP) is 1.00. The third kappa shape index (κ3) is 2.37. The van der Waals surface area contributed by atoms with Crippen molar-refractivity contribution in [2.24, 2.45) is 5.92 Å². The highest BCUT2D eigenvalue weighted by Gasteiger charge is 2.31. The van der Waals surface area contributed by atoms with Crippen LogP contribution in [0.15, 0.2) is 12.5 Å². The Morgan fingerprint density at radius 1 is 1.40 bits per heavy atom. The Morgan fingerprint density at radius 2 is 2.15 bits per heavy atom. The number of rotatable bonds is 4. The topological polar surface area (TPSA) is 79.0 Å². The SMILES string of the molecule is CCc1c[nH]c2ncnc(N3CC(CS(C)(=O)=O)C3)c12. The average Bonchev–Trinajstić information content (AvgIpc) is 2.75. The van der Waals surface area contributed by atoms with Gasteiger partial charge >= 0.3 is 0 Å². The van der Waals surface area contributed by atoms with Crippen LogP contribution in [0.3, 0.4) is 0 Å². The number of aromatic amines is 1. The summed E-state index contributed by atoms with van der Waals surface area (Å²) >= 11 is 0. The summed E-state index contributed by atoms with van der Waals surface area (Å²) in [4.78, 5) is 13.9. The highest BCUT2D eigenvalue weighted by molar-refractivity contribution is 7.90.